The highest BCUT2D eigenvalue weighted by Crippen LogP contribution is 2.30. The summed E-state index contributed by atoms with van der Waals surface area (Å²) in [7, 11) is 0. The molecule has 1 aliphatic heterocycles. The molecule has 0 spiro atoms. The third kappa shape index (κ3) is 2.71. The normalized spacial score (nSPS) is 15.8. The van der Waals surface area contributed by atoms with Gasteiger partial charge in [-0.2, -0.15) is 0 Å². The van der Waals surface area contributed by atoms with Gasteiger partial charge < -0.3 is 9.47 Å². The lowest BCUT2D eigenvalue weighted by molar-refractivity contribution is -0.129. The second kappa shape index (κ2) is 6.16. The fourth-order valence-electron chi connectivity index (χ4n) is 3.76. The Morgan fingerprint density at radius 1 is 1.00 bits per heavy atom. The zero-order valence-corrected chi connectivity index (χ0v) is 14.0. The smallest absolute Gasteiger partial charge is 0.219 e. The number of benzene rings is 2. The third-order valence-corrected chi connectivity index (χ3v) is 5.16. The molecule has 3 heteroatoms. The van der Waals surface area contributed by atoms with E-state index >= 15 is 0 Å². The number of fused-ring (bicyclic) bond motifs is 1. The van der Waals surface area contributed by atoms with Gasteiger partial charge in [-0.25, -0.2) is 0 Å². The van der Waals surface area contributed by atoms with E-state index in [-0.39, 0.29) is 5.91 Å². The van der Waals surface area contributed by atoms with E-state index < -0.39 is 0 Å². The van der Waals surface area contributed by atoms with Crippen molar-refractivity contribution in [3.63, 3.8) is 0 Å². The largest absolute Gasteiger partial charge is 0.343 e. The molecular formula is C21H22N2O. The molecular weight excluding hydrogens is 296 g/mol. The standard InChI is InChI=1S/C21H22N2O/c1-16(24)22-12-9-17(10-13-22)19-6-4-7-20(15-19)23-14-11-18-5-2-3-8-21(18)23/h2-8,11,14-15,17H,9-10,12-13H2,1H3. The van der Waals surface area contributed by atoms with E-state index in [1.54, 1.807) is 6.92 Å². The van der Waals surface area contributed by atoms with Crippen LogP contribution in [0, 0.1) is 0 Å². The van der Waals surface area contributed by atoms with Crippen molar-refractivity contribution in [3.05, 3.63) is 66.4 Å². The van der Waals surface area contributed by atoms with Crippen molar-refractivity contribution in [3.8, 4) is 5.69 Å². The molecule has 3 aromatic rings. The third-order valence-electron chi connectivity index (χ3n) is 5.16. The molecule has 122 valence electrons. The molecule has 0 radical (unpaired) electrons. The van der Waals surface area contributed by atoms with Crippen LogP contribution in [0.4, 0.5) is 0 Å². The Kier molecular flexibility index (Phi) is 3.85. The van der Waals surface area contributed by atoms with Gasteiger partial charge in [-0.15, -0.1) is 0 Å². The highest BCUT2D eigenvalue weighted by atomic mass is 16.2. The summed E-state index contributed by atoms with van der Waals surface area (Å²) in [6, 6.07) is 19.5. The summed E-state index contributed by atoms with van der Waals surface area (Å²) in [5.41, 5.74) is 3.83. The van der Waals surface area contributed by atoms with Gasteiger partial charge in [0.2, 0.25) is 5.91 Å². The summed E-state index contributed by atoms with van der Waals surface area (Å²) in [5, 5.41) is 1.26. The molecule has 1 aliphatic rings. The number of amides is 1. The summed E-state index contributed by atoms with van der Waals surface area (Å²) in [6.45, 7) is 3.41. The molecule has 0 atom stereocenters. The average molecular weight is 318 g/mol. The molecule has 0 N–H and O–H groups in total. The Morgan fingerprint density at radius 2 is 1.79 bits per heavy atom. The zero-order valence-electron chi connectivity index (χ0n) is 14.0. The van der Waals surface area contributed by atoms with Crippen molar-refractivity contribution < 1.29 is 4.79 Å². The highest BCUT2D eigenvalue weighted by Gasteiger charge is 2.22. The molecule has 2 aromatic carbocycles. The number of hydrogen-bond donors (Lipinski definition) is 0. The zero-order chi connectivity index (χ0) is 16.5. The fraction of sp³-hybridized carbons (Fsp3) is 0.286. The van der Waals surface area contributed by atoms with Crippen LogP contribution in [-0.2, 0) is 4.79 Å². The number of rotatable bonds is 2. The minimum absolute atomic E-state index is 0.195. The predicted molar refractivity (Wildman–Crippen MR) is 97.5 cm³/mol. The molecule has 0 saturated carbocycles. The maximum Gasteiger partial charge on any atom is 0.219 e. The van der Waals surface area contributed by atoms with Crippen molar-refractivity contribution in [2.45, 2.75) is 25.7 Å². The Hall–Kier alpha value is -2.55. The molecule has 1 amide bonds. The number of para-hydroxylation sites is 1. The number of carbonyl (C=O) groups is 1. The first-order valence-corrected chi connectivity index (χ1v) is 8.64. The van der Waals surface area contributed by atoms with Gasteiger partial charge in [-0.05, 0) is 54.0 Å². The van der Waals surface area contributed by atoms with E-state index in [0.29, 0.717) is 5.92 Å². The minimum Gasteiger partial charge on any atom is -0.343 e. The quantitative estimate of drug-likeness (QED) is 0.689. The van der Waals surface area contributed by atoms with Crippen molar-refractivity contribution in [2.75, 3.05) is 13.1 Å². The molecule has 4 rings (SSSR count). The van der Waals surface area contributed by atoms with E-state index in [4.69, 9.17) is 0 Å². The van der Waals surface area contributed by atoms with Crippen LogP contribution in [0.2, 0.25) is 0 Å². The minimum atomic E-state index is 0.195. The fourth-order valence-corrected chi connectivity index (χ4v) is 3.76. The summed E-state index contributed by atoms with van der Waals surface area (Å²) in [5.74, 6) is 0.739. The monoisotopic (exact) mass is 318 g/mol. The molecule has 24 heavy (non-hydrogen) atoms. The summed E-state index contributed by atoms with van der Waals surface area (Å²) in [6.07, 6.45) is 4.24. The van der Waals surface area contributed by atoms with Crippen LogP contribution in [0.5, 0.6) is 0 Å². The Labute approximate surface area is 142 Å². The first-order valence-electron chi connectivity index (χ1n) is 8.64. The van der Waals surface area contributed by atoms with Crippen LogP contribution in [0.25, 0.3) is 16.6 Å². The molecule has 1 fully saturated rings. The van der Waals surface area contributed by atoms with E-state index in [9.17, 15) is 4.79 Å². The van der Waals surface area contributed by atoms with E-state index in [1.807, 2.05) is 4.90 Å². The lowest BCUT2D eigenvalue weighted by Gasteiger charge is -2.31. The number of piperidine rings is 1. The maximum atomic E-state index is 11.5. The molecule has 3 nitrogen and oxygen atoms in total. The number of hydrogen-bond acceptors (Lipinski definition) is 1. The van der Waals surface area contributed by atoms with Crippen molar-refractivity contribution in [1.29, 1.82) is 0 Å². The predicted octanol–water partition coefficient (Wildman–Crippen LogP) is 4.36. The summed E-state index contributed by atoms with van der Waals surface area (Å²) in [4.78, 5) is 13.5. The molecule has 0 bridgehead atoms. The van der Waals surface area contributed by atoms with Gasteiger partial charge in [0.25, 0.3) is 0 Å². The van der Waals surface area contributed by atoms with Gasteiger partial charge in [0.1, 0.15) is 0 Å². The van der Waals surface area contributed by atoms with Crippen LogP contribution in [-0.4, -0.2) is 28.5 Å². The van der Waals surface area contributed by atoms with Gasteiger partial charge in [-0.3, -0.25) is 4.79 Å². The molecule has 0 unspecified atom stereocenters. The first-order chi connectivity index (χ1) is 11.7. The molecule has 2 heterocycles. The van der Waals surface area contributed by atoms with Crippen LogP contribution < -0.4 is 0 Å². The topological polar surface area (TPSA) is 25.2 Å². The summed E-state index contributed by atoms with van der Waals surface area (Å²) >= 11 is 0. The van der Waals surface area contributed by atoms with Crippen molar-refractivity contribution in [1.82, 2.24) is 9.47 Å². The number of aromatic nitrogens is 1. The van der Waals surface area contributed by atoms with Gasteiger partial charge in [0, 0.05) is 31.9 Å². The van der Waals surface area contributed by atoms with Crippen LogP contribution in [0.15, 0.2) is 60.8 Å². The Bertz CT molecular complexity index is 872. The first kappa shape index (κ1) is 15.0. The molecule has 1 saturated heterocycles. The summed E-state index contributed by atoms with van der Waals surface area (Å²) < 4.78 is 2.25. The second-order valence-electron chi connectivity index (χ2n) is 6.62. The van der Waals surface area contributed by atoms with Gasteiger partial charge in [0.05, 0.1) is 5.52 Å². The average Bonchev–Trinajstić information content (AvgIpc) is 3.06. The Morgan fingerprint density at radius 3 is 2.58 bits per heavy atom. The lowest BCUT2D eigenvalue weighted by Crippen LogP contribution is -2.36. The van der Waals surface area contributed by atoms with Crippen LogP contribution in [0.3, 0.4) is 0 Å². The SMILES string of the molecule is CC(=O)N1CCC(c2cccc(-n3ccc4ccccc43)c2)CC1. The van der Waals surface area contributed by atoms with E-state index in [0.717, 1.165) is 25.9 Å². The Balaban J connectivity index is 1.62. The number of likely N-dealkylation sites (tertiary alicyclic amines) is 1. The molecule has 1 aromatic heterocycles. The van der Waals surface area contributed by atoms with Gasteiger partial charge in [-0.1, -0.05) is 30.3 Å². The van der Waals surface area contributed by atoms with Crippen molar-refractivity contribution in [2.24, 2.45) is 0 Å². The van der Waals surface area contributed by atoms with Crippen LogP contribution in [0.1, 0.15) is 31.2 Å². The van der Waals surface area contributed by atoms with Crippen molar-refractivity contribution >= 4 is 16.8 Å². The van der Waals surface area contributed by atoms with E-state index in [1.165, 1.54) is 22.2 Å². The molecule has 0 aliphatic carbocycles. The van der Waals surface area contributed by atoms with Gasteiger partial charge >= 0.3 is 0 Å². The van der Waals surface area contributed by atoms with Crippen LogP contribution >= 0.6 is 0 Å². The highest BCUT2D eigenvalue weighted by molar-refractivity contribution is 5.81. The number of carbonyl (C=O) groups excluding carboxylic acids is 1. The maximum absolute atomic E-state index is 11.5. The second-order valence-corrected chi connectivity index (χ2v) is 6.62. The van der Waals surface area contributed by atoms with E-state index in [2.05, 4.69) is 65.4 Å². The lowest BCUT2D eigenvalue weighted by atomic mass is 9.89. The number of nitrogens with zero attached hydrogens (tertiary/aromatic N) is 2. The van der Waals surface area contributed by atoms with Gasteiger partial charge in [0.15, 0.2) is 0 Å².